The van der Waals surface area contributed by atoms with E-state index in [-0.39, 0.29) is 12.5 Å². The lowest BCUT2D eigenvalue weighted by Gasteiger charge is -2.32. The molecule has 0 atom stereocenters. The molecule has 1 amide bonds. The molecule has 1 aromatic carbocycles. The van der Waals surface area contributed by atoms with Crippen LogP contribution in [0.25, 0.3) is 0 Å². The van der Waals surface area contributed by atoms with E-state index < -0.39 is 10.0 Å². The molecule has 0 aromatic heterocycles. The highest BCUT2D eigenvalue weighted by Gasteiger charge is 2.24. The van der Waals surface area contributed by atoms with E-state index in [1.54, 1.807) is 0 Å². The summed E-state index contributed by atoms with van der Waals surface area (Å²) in [6.45, 7) is 6.50. The second-order valence-electron chi connectivity index (χ2n) is 6.23. The third-order valence-electron chi connectivity index (χ3n) is 4.02. The molecule has 1 heterocycles. The van der Waals surface area contributed by atoms with Crippen molar-refractivity contribution in [3.05, 3.63) is 29.8 Å². The number of anilines is 1. The summed E-state index contributed by atoms with van der Waals surface area (Å²) in [5.74, 6) is 0.274. The zero-order valence-electron chi connectivity index (χ0n) is 13.9. The highest BCUT2D eigenvalue weighted by atomic mass is 32.2. The summed E-state index contributed by atoms with van der Waals surface area (Å²) in [6.07, 6.45) is 1.22. The average Bonchev–Trinajstić information content (AvgIpc) is 2.47. The molecule has 2 rings (SSSR count). The molecule has 6 nitrogen and oxygen atoms in total. The lowest BCUT2D eigenvalue weighted by molar-refractivity contribution is -0.117. The van der Waals surface area contributed by atoms with Crippen molar-refractivity contribution in [3.63, 3.8) is 0 Å². The molecule has 23 heavy (non-hydrogen) atoms. The van der Waals surface area contributed by atoms with Gasteiger partial charge in [-0.2, -0.15) is 4.31 Å². The molecule has 1 aromatic rings. The lowest BCUT2D eigenvalue weighted by Crippen LogP contribution is -2.50. The number of rotatable bonds is 5. The predicted octanol–water partition coefficient (Wildman–Crippen LogP) is 1.33. The van der Waals surface area contributed by atoms with E-state index >= 15 is 0 Å². The molecule has 1 saturated heterocycles. The average molecular weight is 339 g/mol. The zero-order chi connectivity index (χ0) is 17.0. The monoisotopic (exact) mass is 339 g/mol. The fourth-order valence-electron chi connectivity index (χ4n) is 2.73. The van der Waals surface area contributed by atoms with Gasteiger partial charge in [0.15, 0.2) is 0 Å². The Labute approximate surface area is 138 Å². The van der Waals surface area contributed by atoms with Crippen molar-refractivity contribution < 1.29 is 13.2 Å². The van der Waals surface area contributed by atoms with Gasteiger partial charge in [0.25, 0.3) is 0 Å². The number of sulfonamides is 1. The first-order valence-corrected chi connectivity index (χ1v) is 9.68. The first-order valence-electron chi connectivity index (χ1n) is 7.83. The normalized spacial score (nSPS) is 17.4. The maximum Gasteiger partial charge on any atom is 0.238 e. The number of hydrogen-bond acceptors (Lipinski definition) is 4. The zero-order valence-corrected chi connectivity index (χ0v) is 14.8. The molecule has 0 saturated carbocycles. The van der Waals surface area contributed by atoms with Gasteiger partial charge < -0.3 is 5.32 Å². The van der Waals surface area contributed by atoms with Crippen molar-refractivity contribution in [2.75, 3.05) is 44.3 Å². The maximum absolute atomic E-state index is 12.2. The Morgan fingerprint density at radius 2 is 1.78 bits per heavy atom. The van der Waals surface area contributed by atoms with E-state index in [1.807, 2.05) is 29.2 Å². The van der Waals surface area contributed by atoms with E-state index in [0.717, 1.165) is 11.3 Å². The van der Waals surface area contributed by atoms with Gasteiger partial charge in [-0.3, -0.25) is 9.69 Å². The number of benzene rings is 1. The second kappa shape index (κ2) is 7.42. The third-order valence-corrected chi connectivity index (χ3v) is 5.33. The molecule has 7 heteroatoms. The summed E-state index contributed by atoms with van der Waals surface area (Å²) < 4.78 is 24.4. The van der Waals surface area contributed by atoms with Gasteiger partial charge in [-0.25, -0.2) is 8.42 Å². The second-order valence-corrected chi connectivity index (χ2v) is 8.21. The fraction of sp³-hybridized carbons (Fsp3) is 0.562. The van der Waals surface area contributed by atoms with E-state index in [2.05, 4.69) is 19.2 Å². The topological polar surface area (TPSA) is 69.7 Å². The number of nitrogens with zero attached hydrogens (tertiary/aromatic N) is 2. The molecule has 0 unspecified atom stereocenters. The Kier molecular flexibility index (Phi) is 5.78. The predicted molar refractivity (Wildman–Crippen MR) is 92.0 cm³/mol. The number of nitrogens with one attached hydrogen (secondary N) is 1. The molecule has 0 radical (unpaired) electrons. The van der Waals surface area contributed by atoms with Gasteiger partial charge in [0, 0.05) is 31.9 Å². The molecular weight excluding hydrogens is 314 g/mol. The molecule has 0 aliphatic carbocycles. The number of carbonyl (C=O) groups excluding carboxylic acids is 1. The SMILES string of the molecule is CC(C)c1ccccc1NC(=O)CN1CCN(S(C)(=O)=O)CC1. The van der Waals surface area contributed by atoms with Gasteiger partial charge in [0.1, 0.15) is 0 Å². The Bertz CT molecular complexity index is 650. The highest BCUT2D eigenvalue weighted by molar-refractivity contribution is 7.88. The van der Waals surface area contributed by atoms with Crippen LogP contribution < -0.4 is 5.32 Å². The molecule has 1 fully saturated rings. The first kappa shape index (κ1) is 17.9. The molecule has 128 valence electrons. The summed E-state index contributed by atoms with van der Waals surface area (Å²) in [7, 11) is -3.14. The maximum atomic E-state index is 12.2. The van der Waals surface area contributed by atoms with E-state index in [0.29, 0.717) is 32.1 Å². The standard InChI is InChI=1S/C16H25N3O3S/c1-13(2)14-6-4-5-7-15(14)17-16(20)12-18-8-10-19(11-9-18)23(3,21)22/h4-7,13H,8-12H2,1-3H3,(H,17,20). The number of hydrogen-bond donors (Lipinski definition) is 1. The van der Waals surface area contributed by atoms with Crippen LogP contribution in [0.15, 0.2) is 24.3 Å². The smallest absolute Gasteiger partial charge is 0.238 e. The summed E-state index contributed by atoms with van der Waals surface area (Å²) in [5, 5.41) is 2.97. The molecule has 1 N–H and O–H groups in total. The van der Waals surface area contributed by atoms with Gasteiger partial charge in [-0.15, -0.1) is 0 Å². The van der Waals surface area contributed by atoms with Crippen LogP contribution >= 0.6 is 0 Å². The van der Waals surface area contributed by atoms with Crippen molar-refractivity contribution in [2.45, 2.75) is 19.8 Å². The number of piperazine rings is 1. The summed E-state index contributed by atoms with van der Waals surface area (Å²) in [6, 6.07) is 7.81. The van der Waals surface area contributed by atoms with E-state index in [9.17, 15) is 13.2 Å². The van der Waals surface area contributed by atoms with Crippen molar-refractivity contribution in [1.82, 2.24) is 9.21 Å². The van der Waals surface area contributed by atoms with Gasteiger partial charge in [-0.1, -0.05) is 32.0 Å². The van der Waals surface area contributed by atoms with Crippen LogP contribution in [0.4, 0.5) is 5.69 Å². The van der Waals surface area contributed by atoms with Crippen LogP contribution in [0, 0.1) is 0 Å². The van der Waals surface area contributed by atoms with Crippen LogP contribution in [-0.4, -0.2) is 62.5 Å². The lowest BCUT2D eigenvalue weighted by atomic mass is 10.0. The highest BCUT2D eigenvalue weighted by Crippen LogP contribution is 2.23. The van der Waals surface area contributed by atoms with Crippen LogP contribution in [-0.2, 0) is 14.8 Å². The summed E-state index contributed by atoms with van der Waals surface area (Å²) in [5.41, 5.74) is 1.96. The Balaban J connectivity index is 1.89. The third kappa shape index (κ3) is 5.02. The van der Waals surface area contributed by atoms with E-state index in [1.165, 1.54) is 10.6 Å². The van der Waals surface area contributed by atoms with Crippen LogP contribution in [0.5, 0.6) is 0 Å². The van der Waals surface area contributed by atoms with Crippen molar-refractivity contribution >= 4 is 21.6 Å². The number of para-hydroxylation sites is 1. The Morgan fingerprint density at radius 1 is 1.17 bits per heavy atom. The number of amides is 1. The molecule has 1 aliphatic heterocycles. The Morgan fingerprint density at radius 3 is 2.35 bits per heavy atom. The van der Waals surface area contributed by atoms with Crippen molar-refractivity contribution in [1.29, 1.82) is 0 Å². The minimum absolute atomic E-state index is 0.0640. The summed E-state index contributed by atoms with van der Waals surface area (Å²) in [4.78, 5) is 14.2. The van der Waals surface area contributed by atoms with E-state index in [4.69, 9.17) is 0 Å². The van der Waals surface area contributed by atoms with Crippen molar-refractivity contribution in [2.24, 2.45) is 0 Å². The molecule has 1 aliphatic rings. The minimum Gasteiger partial charge on any atom is -0.325 e. The quantitative estimate of drug-likeness (QED) is 0.878. The molecule has 0 spiro atoms. The van der Waals surface area contributed by atoms with Gasteiger partial charge in [-0.05, 0) is 17.5 Å². The van der Waals surface area contributed by atoms with Gasteiger partial charge in [0.2, 0.25) is 15.9 Å². The van der Waals surface area contributed by atoms with Crippen LogP contribution in [0.3, 0.4) is 0 Å². The van der Waals surface area contributed by atoms with Crippen LogP contribution in [0.1, 0.15) is 25.3 Å². The number of carbonyl (C=O) groups is 1. The molecule has 0 bridgehead atoms. The Hall–Kier alpha value is -1.44. The first-order chi connectivity index (χ1) is 10.8. The van der Waals surface area contributed by atoms with Crippen molar-refractivity contribution in [3.8, 4) is 0 Å². The molecular formula is C16H25N3O3S. The van der Waals surface area contributed by atoms with Gasteiger partial charge in [0.05, 0.1) is 12.8 Å². The fourth-order valence-corrected chi connectivity index (χ4v) is 3.55. The largest absolute Gasteiger partial charge is 0.325 e. The van der Waals surface area contributed by atoms with Gasteiger partial charge >= 0.3 is 0 Å². The summed E-state index contributed by atoms with van der Waals surface area (Å²) >= 11 is 0. The van der Waals surface area contributed by atoms with Crippen LogP contribution in [0.2, 0.25) is 0 Å². The minimum atomic E-state index is -3.14.